The third-order valence-corrected chi connectivity index (χ3v) is 3.11. The first-order chi connectivity index (χ1) is 7.70. The van der Waals surface area contributed by atoms with Gasteiger partial charge in [0.05, 0.1) is 7.11 Å². The summed E-state index contributed by atoms with van der Waals surface area (Å²) in [6.07, 6.45) is 3.66. The van der Waals surface area contributed by atoms with Gasteiger partial charge in [0.1, 0.15) is 11.5 Å². The second-order valence-corrected chi connectivity index (χ2v) is 4.56. The molecule has 0 spiro atoms. The maximum absolute atomic E-state index is 11.6. The molecule has 2 nitrogen and oxygen atoms in total. The predicted octanol–water partition coefficient (Wildman–Crippen LogP) is 2.92. The van der Waals surface area contributed by atoms with Crippen molar-refractivity contribution in [2.75, 3.05) is 7.11 Å². The van der Waals surface area contributed by atoms with Crippen molar-refractivity contribution >= 4 is 5.78 Å². The molecule has 1 aromatic carbocycles. The lowest BCUT2D eigenvalue weighted by Crippen LogP contribution is -2.03. The molecule has 0 atom stereocenters. The molecule has 86 valence electrons. The Labute approximate surface area is 96.6 Å². The summed E-state index contributed by atoms with van der Waals surface area (Å²) >= 11 is 0. The predicted molar refractivity (Wildman–Crippen MR) is 63.8 cm³/mol. The number of hydrogen-bond donors (Lipinski definition) is 0. The van der Waals surface area contributed by atoms with Crippen molar-refractivity contribution in [1.82, 2.24) is 0 Å². The first-order valence-corrected chi connectivity index (χ1v) is 5.87. The van der Waals surface area contributed by atoms with E-state index in [0.29, 0.717) is 18.1 Å². The number of rotatable bonds is 5. The topological polar surface area (TPSA) is 26.3 Å². The van der Waals surface area contributed by atoms with Crippen molar-refractivity contribution in [1.29, 1.82) is 0 Å². The molecule has 0 heterocycles. The Balaban J connectivity index is 2.01. The van der Waals surface area contributed by atoms with Crippen LogP contribution in [0.4, 0.5) is 0 Å². The average molecular weight is 218 g/mol. The van der Waals surface area contributed by atoms with Gasteiger partial charge in [0.2, 0.25) is 0 Å². The Morgan fingerprint density at radius 1 is 1.44 bits per heavy atom. The van der Waals surface area contributed by atoms with Crippen molar-refractivity contribution in [3.05, 3.63) is 29.3 Å². The van der Waals surface area contributed by atoms with E-state index in [1.807, 2.05) is 12.1 Å². The minimum absolute atomic E-state index is 0.371. The van der Waals surface area contributed by atoms with E-state index < -0.39 is 0 Å². The third-order valence-electron chi connectivity index (χ3n) is 3.11. The summed E-state index contributed by atoms with van der Waals surface area (Å²) in [5.41, 5.74) is 2.37. The van der Waals surface area contributed by atoms with Crippen LogP contribution in [0.5, 0.6) is 5.75 Å². The van der Waals surface area contributed by atoms with Crippen molar-refractivity contribution in [3.63, 3.8) is 0 Å². The summed E-state index contributed by atoms with van der Waals surface area (Å²) in [5.74, 6) is 1.69. The van der Waals surface area contributed by atoms with Gasteiger partial charge in [-0.2, -0.15) is 0 Å². The summed E-state index contributed by atoms with van der Waals surface area (Å²) in [6.45, 7) is 2.06. The molecular weight excluding hydrogens is 200 g/mol. The first-order valence-electron chi connectivity index (χ1n) is 5.87. The zero-order chi connectivity index (χ0) is 11.5. The molecule has 16 heavy (non-hydrogen) atoms. The third kappa shape index (κ3) is 2.63. The summed E-state index contributed by atoms with van der Waals surface area (Å²) < 4.78 is 5.30. The lowest BCUT2D eigenvalue weighted by atomic mass is 10.0. The molecule has 0 N–H and O–H groups in total. The second kappa shape index (κ2) is 4.69. The largest absolute Gasteiger partial charge is 0.496 e. The molecule has 0 amide bonds. The van der Waals surface area contributed by atoms with Crippen LogP contribution in [0, 0.1) is 12.8 Å². The number of Topliss-reactive ketones (excluding diaryl/α,β-unsaturated/α-hetero) is 1. The van der Waals surface area contributed by atoms with E-state index >= 15 is 0 Å². The molecule has 0 unspecified atom stereocenters. The van der Waals surface area contributed by atoms with Crippen LogP contribution in [0.15, 0.2) is 18.2 Å². The van der Waals surface area contributed by atoms with Crippen LogP contribution in [-0.2, 0) is 11.2 Å². The standard InChI is InChI=1S/C14H18O2/c1-10-3-8-14(16-2)12(9-10)6-7-13(15)11-4-5-11/h3,8-9,11H,4-7H2,1-2H3. The van der Waals surface area contributed by atoms with Crippen LogP contribution in [-0.4, -0.2) is 12.9 Å². The number of aryl methyl sites for hydroxylation is 2. The molecule has 1 aliphatic carbocycles. The van der Waals surface area contributed by atoms with Crippen molar-refractivity contribution < 1.29 is 9.53 Å². The van der Waals surface area contributed by atoms with E-state index in [-0.39, 0.29) is 0 Å². The van der Waals surface area contributed by atoms with E-state index in [9.17, 15) is 4.79 Å². The zero-order valence-corrected chi connectivity index (χ0v) is 9.95. The zero-order valence-electron chi connectivity index (χ0n) is 9.95. The molecule has 0 saturated heterocycles. The maximum Gasteiger partial charge on any atom is 0.136 e. The summed E-state index contributed by atoms with van der Waals surface area (Å²) in [7, 11) is 1.68. The smallest absolute Gasteiger partial charge is 0.136 e. The van der Waals surface area contributed by atoms with Crippen LogP contribution < -0.4 is 4.74 Å². The molecule has 0 bridgehead atoms. The van der Waals surface area contributed by atoms with Gasteiger partial charge in [-0.1, -0.05) is 17.7 Å². The van der Waals surface area contributed by atoms with E-state index in [4.69, 9.17) is 4.74 Å². The highest BCUT2D eigenvalue weighted by Gasteiger charge is 2.28. The van der Waals surface area contributed by atoms with Gasteiger partial charge in [-0.05, 0) is 37.8 Å². The van der Waals surface area contributed by atoms with Crippen molar-refractivity contribution in [2.45, 2.75) is 32.6 Å². The summed E-state index contributed by atoms with van der Waals surface area (Å²) in [5, 5.41) is 0. The molecule has 2 rings (SSSR count). The molecule has 1 aliphatic rings. The van der Waals surface area contributed by atoms with E-state index in [1.54, 1.807) is 7.11 Å². The highest BCUT2D eigenvalue weighted by molar-refractivity contribution is 5.83. The van der Waals surface area contributed by atoms with Gasteiger partial charge < -0.3 is 4.74 Å². The van der Waals surface area contributed by atoms with Crippen LogP contribution in [0.25, 0.3) is 0 Å². The molecule has 0 radical (unpaired) electrons. The normalized spacial score (nSPS) is 14.9. The Kier molecular flexibility index (Phi) is 3.28. The molecule has 1 aromatic rings. The van der Waals surface area contributed by atoms with Crippen LogP contribution in [0.3, 0.4) is 0 Å². The average Bonchev–Trinajstić information content (AvgIpc) is 3.10. The van der Waals surface area contributed by atoms with Gasteiger partial charge in [-0.25, -0.2) is 0 Å². The quantitative estimate of drug-likeness (QED) is 0.759. The second-order valence-electron chi connectivity index (χ2n) is 4.56. The molecule has 0 aromatic heterocycles. The van der Waals surface area contributed by atoms with Gasteiger partial charge >= 0.3 is 0 Å². The molecule has 1 fully saturated rings. The fourth-order valence-electron chi connectivity index (χ4n) is 1.97. The van der Waals surface area contributed by atoms with E-state index in [0.717, 1.165) is 30.6 Å². The maximum atomic E-state index is 11.6. The Bertz CT molecular complexity index is 392. The number of ether oxygens (including phenoxy) is 1. The molecule has 2 heteroatoms. The minimum atomic E-state index is 0.371. The molecule has 0 aliphatic heterocycles. The number of ketones is 1. The number of carbonyl (C=O) groups is 1. The number of benzene rings is 1. The molecular formula is C14H18O2. The van der Waals surface area contributed by atoms with E-state index in [1.165, 1.54) is 5.56 Å². The van der Waals surface area contributed by atoms with Crippen molar-refractivity contribution in [2.24, 2.45) is 5.92 Å². The Hall–Kier alpha value is -1.31. The Morgan fingerprint density at radius 2 is 2.19 bits per heavy atom. The van der Waals surface area contributed by atoms with Crippen LogP contribution in [0.1, 0.15) is 30.4 Å². The summed E-state index contributed by atoms with van der Waals surface area (Å²) in [6, 6.07) is 6.12. The van der Waals surface area contributed by atoms with Crippen LogP contribution in [0.2, 0.25) is 0 Å². The highest BCUT2D eigenvalue weighted by Crippen LogP contribution is 2.32. The highest BCUT2D eigenvalue weighted by atomic mass is 16.5. The van der Waals surface area contributed by atoms with Crippen LogP contribution >= 0.6 is 0 Å². The SMILES string of the molecule is COc1ccc(C)cc1CCC(=O)C1CC1. The van der Waals surface area contributed by atoms with Gasteiger partial charge in [0, 0.05) is 12.3 Å². The van der Waals surface area contributed by atoms with E-state index in [2.05, 4.69) is 13.0 Å². The number of carbonyl (C=O) groups excluding carboxylic acids is 1. The van der Waals surface area contributed by atoms with Gasteiger partial charge in [-0.3, -0.25) is 4.79 Å². The fourth-order valence-corrected chi connectivity index (χ4v) is 1.97. The monoisotopic (exact) mass is 218 g/mol. The lowest BCUT2D eigenvalue weighted by molar-refractivity contribution is -0.120. The minimum Gasteiger partial charge on any atom is -0.496 e. The van der Waals surface area contributed by atoms with Gasteiger partial charge in [-0.15, -0.1) is 0 Å². The van der Waals surface area contributed by atoms with Crippen molar-refractivity contribution in [3.8, 4) is 5.75 Å². The fraction of sp³-hybridized carbons (Fsp3) is 0.500. The number of methoxy groups -OCH3 is 1. The van der Waals surface area contributed by atoms with Gasteiger partial charge in [0.15, 0.2) is 0 Å². The lowest BCUT2D eigenvalue weighted by Gasteiger charge is -2.08. The van der Waals surface area contributed by atoms with Gasteiger partial charge in [0.25, 0.3) is 0 Å². The Morgan fingerprint density at radius 3 is 2.81 bits per heavy atom. The number of hydrogen-bond acceptors (Lipinski definition) is 2. The summed E-state index contributed by atoms with van der Waals surface area (Å²) in [4.78, 5) is 11.6. The molecule has 1 saturated carbocycles. The first kappa shape index (κ1) is 11.2.